The summed E-state index contributed by atoms with van der Waals surface area (Å²) in [6.45, 7) is 11.3. The summed E-state index contributed by atoms with van der Waals surface area (Å²) in [5.41, 5.74) is 0. The maximum Gasteiger partial charge on any atom is 0.236 e. The van der Waals surface area contributed by atoms with E-state index in [1.807, 2.05) is 4.90 Å². The number of hydrogen-bond acceptors (Lipinski definition) is 3. The Kier molecular flexibility index (Phi) is 10.9. The monoisotopic (exact) mass is 272 g/mol. The predicted molar refractivity (Wildman–Crippen MR) is 80.2 cm³/mol. The summed E-state index contributed by atoms with van der Waals surface area (Å²) in [6, 6.07) is 0.390. The van der Waals surface area contributed by atoms with Crippen LogP contribution in [-0.2, 0) is 4.79 Å². The summed E-state index contributed by atoms with van der Waals surface area (Å²) in [4.78, 5) is 16.4. The first kappa shape index (κ1) is 18.4. The van der Waals surface area contributed by atoms with Crippen LogP contribution in [0.1, 0.15) is 53.4 Å². The maximum absolute atomic E-state index is 12.3. The Morgan fingerprint density at radius 2 is 1.53 bits per heavy atom. The summed E-state index contributed by atoms with van der Waals surface area (Å²) in [6.07, 6.45) is 4.03. The Bertz CT molecular complexity index is 224. The average molecular weight is 272 g/mol. The van der Waals surface area contributed by atoms with Gasteiger partial charge in [-0.05, 0) is 25.7 Å². The first-order valence-electron chi connectivity index (χ1n) is 7.77. The molecule has 0 saturated heterocycles. The molecule has 0 rings (SSSR count). The number of aliphatic hydroxyl groups excluding tert-OH is 1. The summed E-state index contributed by atoms with van der Waals surface area (Å²) in [7, 11) is 0. The standard InChI is InChI=1S/C15H32N2O2/c1-5-9-16(10-6-2)15(19)13-17(11-12-18)14(7-3)8-4/h14,18H,5-13H2,1-4H3. The number of rotatable bonds is 11. The third-order valence-corrected chi connectivity index (χ3v) is 3.52. The zero-order valence-electron chi connectivity index (χ0n) is 13.2. The van der Waals surface area contributed by atoms with E-state index >= 15 is 0 Å². The van der Waals surface area contributed by atoms with Crippen molar-refractivity contribution >= 4 is 5.91 Å². The van der Waals surface area contributed by atoms with Crippen LogP contribution < -0.4 is 0 Å². The van der Waals surface area contributed by atoms with E-state index in [0.29, 0.717) is 19.1 Å². The molecule has 1 amide bonds. The highest BCUT2D eigenvalue weighted by atomic mass is 16.3. The lowest BCUT2D eigenvalue weighted by molar-refractivity contribution is -0.133. The van der Waals surface area contributed by atoms with Gasteiger partial charge in [-0.1, -0.05) is 27.7 Å². The predicted octanol–water partition coefficient (Wildman–Crippen LogP) is 2.12. The second kappa shape index (κ2) is 11.2. The van der Waals surface area contributed by atoms with Crippen molar-refractivity contribution in [2.75, 3.05) is 32.8 Å². The molecule has 0 atom stereocenters. The Hall–Kier alpha value is -0.610. The van der Waals surface area contributed by atoms with E-state index in [1.54, 1.807) is 0 Å². The molecule has 0 fully saturated rings. The van der Waals surface area contributed by atoms with Crippen molar-refractivity contribution in [2.24, 2.45) is 0 Å². The first-order chi connectivity index (χ1) is 9.14. The molecule has 0 aliphatic heterocycles. The largest absolute Gasteiger partial charge is 0.395 e. The van der Waals surface area contributed by atoms with Crippen LogP contribution in [0.2, 0.25) is 0 Å². The van der Waals surface area contributed by atoms with Crippen LogP contribution in [0.25, 0.3) is 0 Å². The van der Waals surface area contributed by atoms with Crippen LogP contribution in [0.3, 0.4) is 0 Å². The number of aliphatic hydroxyl groups is 1. The zero-order valence-corrected chi connectivity index (χ0v) is 13.2. The van der Waals surface area contributed by atoms with E-state index in [1.165, 1.54) is 0 Å². The number of carbonyl (C=O) groups excluding carboxylic acids is 1. The summed E-state index contributed by atoms with van der Waals surface area (Å²) in [5.74, 6) is 0.198. The second-order valence-corrected chi connectivity index (χ2v) is 5.05. The topological polar surface area (TPSA) is 43.8 Å². The van der Waals surface area contributed by atoms with E-state index < -0.39 is 0 Å². The number of nitrogens with zero attached hydrogens (tertiary/aromatic N) is 2. The average Bonchev–Trinajstić information content (AvgIpc) is 2.40. The lowest BCUT2D eigenvalue weighted by atomic mass is 10.1. The molecule has 0 aromatic heterocycles. The molecule has 0 saturated carbocycles. The van der Waals surface area contributed by atoms with Crippen LogP contribution in [0.4, 0.5) is 0 Å². The Morgan fingerprint density at radius 1 is 1.00 bits per heavy atom. The normalized spacial score (nSPS) is 11.3. The quantitative estimate of drug-likeness (QED) is 0.626. The van der Waals surface area contributed by atoms with Crippen molar-refractivity contribution in [3.8, 4) is 0 Å². The Labute approximate surface area is 118 Å². The van der Waals surface area contributed by atoms with Gasteiger partial charge in [0.1, 0.15) is 0 Å². The molecule has 19 heavy (non-hydrogen) atoms. The fourth-order valence-electron chi connectivity index (χ4n) is 2.50. The molecule has 114 valence electrons. The fourth-order valence-corrected chi connectivity index (χ4v) is 2.50. The molecule has 0 aromatic carbocycles. The lowest BCUT2D eigenvalue weighted by Crippen LogP contribution is -2.46. The summed E-state index contributed by atoms with van der Waals surface area (Å²) >= 11 is 0. The van der Waals surface area contributed by atoms with Gasteiger partial charge in [-0.25, -0.2) is 0 Å². The van der Waals surface area contributed by atoms with Crippen molar-refractivity contribution in [1.29, 1.82) is 0 Å². The molecule has 0 aromatic rings. The first-order valence-corrected chi connectivity index (χ1v) is 7.77. The van der Waals surface area contributed by atoms with Crippen molar-refractivity contribution < 1.29 is 9.90 Å². The highest BCUT2D eigenvalue weighted by Crippen LogP contribution is 2.09. The van der Waals surface area contributed by atoms with Crippen LogP contribution in [0, 0.1) is 0 Å². The lowest BCUT2D eigenvalue weighted by Gasteiger charge is -2.31. The van der Waals surface area contributed by atoms with E-state index in [-0.39, 0.29) is 12.5 Å². The van der Waals surface area contributed by atoms with Crippen molar-refractivity contribution in [1.82, 2.24) is 9.80 Å². The molecule has 0 bridgehead atoms. The van der Waals surface area contributed by atoms with Gasteiger partial charge in [-0.2, -0.15) is 0 Å². The summed E-state index contributed by atoms with van der Waals surface area (Å²) in [5, 5.41) is 9.17. The van der Waals surface area contributed by atoms with E-state index in [4.69, 9.17) is 5.11 Å². The van der Waals surface area contributed by atoms with Gasteiger partial charge in [0.05, 0.1) is 13.2 Å². The van der Waals surface area contributed by atoms with Gasteiger partial charge in [0.15, 0.2) is 0 Å². The fraction of sp³-hybridized carbons (Fsp3) is 0.933. The maximum atomic E-state index is 12.3. The van der Waals surface area contributed by atoms with E-state index in [9.17, 15) is 4.79 Å². The van der Waals surface area contributed by atoms with Crippen molar-refractivity contribution in [3.63, 3.8) is 0 Å². The van der Waals surface area contributed by atoms with E-state index in [0.717, 1.165) is 38.8 Å². The molecule has 0 spiro atoms. The number of carbonyl (C=O) groups is 1. The molecule has 0 heterocycles. The molecular weight excluding hydrogens is 240 g/mol. The SMILES string of the molecule is CCCN(CCC)C(=O)CN(CCO)C(CC)CC. The van der Waals surface area contributed by atoms with Crippen molar-refractivity contribution in [2.45, 2.75) is 59.4 Å². The molecule has 4 nitrogen and oxygen atoms in total. The number of amides is 1. The molecule has 0 aliphatic rings. The minimum Gasteiger partial charge on any atom is -0.395 e. The molecule has 0 radical (unpaired) electrons. The van der Waals surface area contributed by atoms with Crippen LogP contribution in [0.15, 0.2) is 0 Å². The van der Waals surface area contributed by atoms with Crippen LogP contribution >= 0.6 is 0 Å². The molecular formula is C15H32N2O2. The van der Waals surface area contributed by atoms with E-state index in [2.05, 4.69) is 32.6 Å². The summed E-state index contributed by atoms with van der Waals surface area (Å²) < 4.78 is 0. The molecule has 0 aliphatic carbocycles. The minimum absolute atomic E-state index is 0.116. The zero-order chi connectivity index (χ0) is 14.7. The third kappa shape index (κ3) is 6.92. The third-order valence-electron chi connectivity index (χ3n) is 3.52. The molecule has 1 N–H and O–H groups in total. The highest BCUT2D eigenvalue weighted by Gasteiger charge is 2.20. The number of hydrogen-bond donors (Lipinski definition) is 1. The second-order valence-electron chi connectivity index (χ2n) is 5.05. The minimum atomic E-state index is 0.116. The highest BCUT2D eigenvalue weighted by molar-refractivity contribution is 5.78. The molecule has 0 unspecified atom stereocenters. The van der Waals surface area contributed by atoms with Gasteiger partial charge in [-0.3, -0.25) is 9.69 Å². The van der Waals surface area contributed by atoms with Gasteiger partial charge >= 0.3 is 0 Å². The van der Waals surface area contributed by atoms with Gasteiger partial charge in [-0.15, -0.1) is 0 Å². The Morgan fingerprint density at radius 3 is 1.89 bits per heavy atom. The van der Waals surface area contributed by atoms with Gasteiger partial charge < -0.3 is 10.0 Å². The molecule has 4 heteroatoms. The van der Waals surface area contributed by atoms with Crippen LogP contribution in [-0.4, -0.2) is 59.6 Å². The van der Waals surface area contributed by atoms with Crippen molar-refractivity contribution in [3.05, 3.63) is 0 Å². The van der Waals surface area contributed by atoms with Gasteiger partial charge in [0, 0.05) is 25.7 Å². The Balaban J connectivity index is 4.57. The van der Waals surface area contributed by atoms with Crippen LogP contribution in [0.5, 0.6) is 0 Å². The smallest absolute Gasteiger partial charge is 0.236 e. The van der Waals surface area contributed by atoms with Gasteiger partial charge in [0.25, 0.3) is 0 Å². The van der Waals surface area contributed by atoms with Gasteiger partial charge in [0.2, 0.25) is 5.91 Å².